The number of hydrogen-bond donors (Lipinski definition) is 1. The lowest BCUT2D eigenvalue weighted by Crippen LogP contribution is -2.30. The summed E-state index contributed by atoms with van der Waals surface area (Å²) >= 11 is 0. The van der Waals surface area contributed by atoms with E-state index >= 15 is 0 Å². The van der Waals surface area contributed by atoms with Crippen LogP contribution in [0.1, 0.15) is 28.0 Å². The van der Waals surface area contributed by atoms with Crippen LogP contribution >= 0.6 is 0 Å². The van der Waals surface area contributed by atoms with E-state index < -0.39 is 11.7 Å². The number of nitrogens with zero attached hydrogens (tertiary/aromatic N) is 3. The van der Waals surface area contributed by atoms with E-state index in [-0.39, 0.29) is 18.1 Å². The molecule has 1 aliphatic rings. The number of nitrogens with one attached hydrogen (secondary N) is 1. The molecule has 0 spiro atoms. The molecule has 0 atom stereocenters. The summed E-state index contributed by atoms with van der Waals surface area (Å²) in [6, 6.07) is 10.5. The average molecular weight is 390 g/mol. The van der Waals surface area contributed by atoms with Crippen LogP contribution in [0.15, 0.2) is 55.0 Å². The molecule has 0 saturated heterocycles. The molecular formula is C22H19FN4O2. The van der Waals surface area contributed by atoms with Gasteiger partial charge in [-0.3, -0.25) is 14.6 Å². The second-order valence-corrected chi connectivity index (χ2v) is 6.89. The van der Waals surface area contributed by atoms with Crippen LogP contribution in [0.2, 0.25) is 0 Å². The Balaban J connectivity index is 1.51. The monoisotopic (exact) mass is 390 g/mol. The van der Waals surface area contributed by atoms with Crippen LogP contribution in [0.3, 0.4) is 0 Å². The zero-order chi connectivity index (χ0) is 20.4. The number of halogens is 1. The van der Waals surface area contributed by atoms with E-state index in [1.165, 1.54) is 18.3 Å². The fourth-order valence-corrected chi connectivity index (χ4v) is 3.40. The Hall–Kier alpha value is -3.61. The number of pyridine rings is 2. The quantitative estimate of drug-likeness (QED) is 0.743. The molecule has 1 N–H and O–H groups in total. The molecule has 0 unspecified atom stereocenters. The van der Waals surface area contributed by atoms with Gasteiger partial charge in [-0.05, 0) is 53.4 Å². The van der Waals surface area contributed by atoms with Crippen LogP contribution in [0.4, 0.5) is 10.1 Å². The summed E-state index contributed by atoms with van der Waals surface area (Å²) in [7, 11) is 1.79. The van der Waals surface area contributed by atoms with Crippen LogP contribution in [0.5, 0.6) is 0 Å². The van der Waals surface area contributed by atoms with Crippen LogP contribution in [0, 0.1) is 5.82 Å². The van der Waals surface area contributed by atoms with Crippen molar-refractivity contribution in [2.45, 2.75) is 19.4 Å². The average Bonchev–Trinajstić information content (AvgIpc) is 2.75. The Morgan fingerprint density at radius 2 is 2.03 bits per heavy atom. The van der Waals surface area contributed by atoms with Crippen LogP contribution in [0.25, 0.3) is 11.1 Å². The van der Waals surface area contributed by atoms with E-state index in [1.54, 1.807) is 24.3 Å². The first-order valence-electron chi connectivity index (χ1n) is 9.25. The Kier molecular flexibility index (Phi) is 5.03. The van der Waals surface area contributed by atoms with Gasteiger partial charge in [0.25, 0.3) is 5.91 Å². The van der Waals surface area contributed by atoms with Crippen molar-refractivity contribution in [3.05, 3.63) is 77.6 Å². The minimum atomic E-state index is -0.658. The topological polar surface area (TPSA) is 75.2 Å². The van der Waals surface area contributed by atoms with Gasteiger partial charge in [0.2, 0.25) is 5.91 Å². The summed E-state index contributed by atoms with van der Waals surface area (Å²) in [6.45, 7) is 0.206. The minimum Gasteiger partial charge on any atom is -0.346 e. The van der Waals surface area contributed by atoms with Crippen LogP contribution < -0.4 is 10.2 Å². The van der Waals surface area contributed by atoms with E-state index in [0.29, 0.717) is 12.8 Å². The van der Waals surface area contributed by atoms with Crippen molar-refractivity contribution in [2.75, 3.05) is 11.9 Å². The van der Waals surface area contributed by atoms with Crippen LogP contribution in [-0.4, -0.2) is 28.8 Å². The third-order valence-electron chi connectivity index (χ3n) is 4.98. The molecule has 3 heterocycles. The van der Waals surface area contributed by atoms with Gasteiger partial charge < -0.3 is 10.2 Å². The van der Waals surface area contributed by atoms with Crippen molar-refractivity contribution >= 4 is 17.5 Å². The lowest BCUT2D eigenvalue weighted by molar-refractivity contribution is -0.118. The van der Waals surface area contributed by atoms with Crippen LogP contribution in [-0.2, 0) is 17.8 Å². The Labute approximate surface area is 167 Å². The van der Waals surface area contributed by atoms with Gasteiger partial charge in [-0.25, -0.2) is 9.37 Å². The summed E-state index contributed by atoms with van der Waals surface area (Å²) in [6.07, 6.45) is 6.00. The van der Waals surface area contributed by atoms with Gasteiger partial charge in [-0.15, -0.1) is 0 Å². The zero-order valence-corrected chi connectivity index (χ0v) is 15.9. The predicted molar refractivity (Wildman–Crippen MR) is 107 cm³/mol. The second-order valence-electron chi connectivity index (χ2n) is 6.89. The molecule has 3 aromatic rings. The highest BCUT2D eigenvalue weighted by Gasteiger charge is 2.21. The number of fused-ring (bicyclic) bond motifs is 1. The maximum atomic E-state index is 13.7. The molecule has 0 radical (unpaired) electrons. The molecule has 4 rings (SSSR count). The summed E-state index contributed by atoms with van der Waals surface area (Å²) in [5.41, 5.74) is 4.50. The number of aryl methyl sites for hydroxylation is 1. The van der Waals surface area contributed by atoms with E-state index in [4.69, 9.17) is 0 Å². The second kappa shape index (κ2) is 7.79. The molecular weight excluding hydrogens is 371 g/mol. The molecule has 7 heteroatoms. The Morgan fingerprint density at radius 3 is 2.86 bits per heavy atom. The number of carbonyl (C=O) groups is 2. The molecule has 0 fully saturated rings. The van der Waals surface area contributed by atoms with Crippen molar-refractivity contribution in [1.29, 1.82) is 0 Å². The summed E-state index contributed by atoms with van der Waals surface area (Å²) in [5, 5.41) is 2.67. The van der Waals surface area contributed by atoms with Crippen molar-refractivity contribution < 1.29 is 14.0 Å². The molecule has 6 nitrogen and oxygen atoms in total. The number of amides is 2. The first kappa shape index (κ1) is 18.7. The summed E-state index contributed by atoms with van der Waals surface area (Å²) in [5.74, 6) is -1.11. The number of aromatic nitrogens is 2. The van der Waals surface area contributed by atoms with Crippen molar-refractivity contribution in [3.8, 4) is 11.1 Å². The van der Waals surface area contributed by atoms with E-state index in [0.717, 1.165) is 27.9 Å². The predicted octanol–water partition coefficient (Wildman–Crippen LogP) is 3.12. The standard InChI is InChI=1S/C22H19FN4O2/c1-27-19-6-4-15(10-16(19)5-7-20(27)28)17-9-14(11-24-13-17)12-26-22(29)21-18(23)3-2-8-25-21/h2-4,6,8-11,13H,5,7,12H2,1H3,(H,26,29). The van der Waals surface area contributed by atoms with Gasteiger partial charge >= 0.3 is 0 Å². The largest absolute Gasteiger partial charge is 0.346 e. The zero-order valence-electron chi connectivity index (χ0n) is 15.9. The number of carbonyl (C=O) groups excluding carboxylic acids is 2. The minimum absolute atomic E-state index is 0.119. The number of benzene rings is 1. The van der Waals surface area contributed by atoms with Crippen molar-refractivity contribution in [2.24, 2.45) is 0 Å². The molecule has 2 aromatic heterocycles. The van der Waals surface area contributed by atoms with Crippen molar-refractivity contribution in [1.82, 2.24) is 15.3 Å². The van der Waals surface area contributed by atoms with Gasteiger partial charge in [0.15, 0.2) is 11.5 Å². The highest BCUT2D eigenvalue weighted by molar-refractivity contribution is 5.96. The van der Waals surface area contributed by atoms with E-state index in [2.05, 4.69) is 21.4 Å². The molecule has 1 aliphatic heterocycles. The molecule has 146 valence electrons. The SMILES string of the molecule is CN1C(=O)CCc2cc(-c3cncc(CNC(=O)c4ncccc4F)c3)ccc21. The summed E-state index contributed by atoms with van der Waals surface area (Å²) < 4.78 is 13.7. The normalized spacial score (nSPS) is 13.2. The van der Waals surface area contributed by atoms with Gasteiger partial charge in [0, 0.05) is 49.9 Å². The van der Waals surface area contributed by atoms with Gasteiger partial charge in [-0.2, -0.15) is 0 Å². The van der Waals surface area contributed by atoms with Gasteiger partial charge in [0.05, 0.1) is 0 Å². The van der Waals surface area contributed by atoms with Gasteiger partial charge in [0.1, 0.15) is 0 Å². The summed E-state index contributed by atoms with van der Waals surface area (Å²) in [4.78, 5) is 33.7. The van der Waals surface area contributed by atoms with Gasteiger partial charge in [-0.1, -0.05) is 6.07 Å². The molecule has 29 heavy (non-hydrogen) atoms. The maximum Gasteiger partial charge on any atom is 0.273 e. The third kappa shape index (κ3) is 3.85. The first-order chi connectivity index (χ1) is 14.0. The number of rotatable bonds is 4. The van der Waals surface area contributed by atoms with E-state index in [9.17, 15) is 14.0 Å². The van der Waals surface area contributed by atoms with Crippen molar-refractivity contribution in [3.63, 3.8) is 0 Å². The highest BCUT2D eigenvalue weighted by atomic mass is 19.1. The number of anilines is 1. The Morgan fingerprint density at radius 1 is 1.17 bits per heavy atom. The lowest BCUT2D eigenvalue weighted by atomic mass is 9.96. The molecule has 2 amide bonds. The molecule has 0 saturated carbocycles. The molecule has 0 aliphatic carbocycles. The fourth-order valence-electron chi connectivity index (χ4n) is 3.40. The number of hydrogen-bond acceptors (Lipinski definition) is 4. The third-order valence-corrected chi connectivity index (χ3v) is 4.98. The highest BCUT2D eigenvalue weighted by Crippen LogP contribution is 2.31. The first-order valence-corrected chi connectivity index (χ1v) is 9.25. The molecule has 1 aromatic carbocycles. The Bertz CT molecular complexity index is 1100. The smallest absolute Gasteiger partial charge is 0.273 e. The fraction of sp³-hybridized carbons (Fsp3) is 0.182. The maximum absolute atomic E-state index is 13.7. The lowest BCUT2D eigenvalue weighted by Gasteiger charge is -2.26. The molecule has 0 bridgehead atoms. The van der Waals surface area contributed by atoms with E-state index in [1.807, 2.05) is 18.2 Å².